The molecule has 0 atom stereocenters. The van der Waals surface area contributed by atoms with E-state index >= 15 is 0 Å². The van der Waals surface area contributed by atoms with Gasteiger partial charge in [-0.3, -0.25) is 19.9 Å². The molecule has 0 saturated heterocycles. The number of nitrogens with one attached hydrogen (secondary N) is 2. The van der Waals surface area contributed by atoms with E-state index in [1.807, 2.05) is 19.9 Å². The molecular weight excluding hydrogens is 435 g/mol. The number of amides is 2. The van der Waals surface area contributed by atoms with Crippen LogP contribution in [-0.2, 0) is 15.8 Å². The van der Waals surface area contributed by atoms with Crippen molar-refractivity contribution < 1.29 is 27.9 Å². The van der Waals surface area contributed by atoms with Crippen molar-refractivity contribution in [3.05, 3.63) is 64.3 Å². The van der Waals surface area contributed by atoms with Crippen LogP contribution in [0.2, 0.25) is 0 Å². The number of carbonyl (C=O) groups is 2. The zero-order valence-corrected chi connectivity index (χ0v) is 18.6. The maximum atomic E-state index is 13.6. The van der Waals surface area contributed by atoms with E-state index in [0.717, 1.165) is 23.3 Å². The number of aliphatic hydroxyl groups is 1. The van der Waals surface area contributed by atoms with Crippen LogP contribution >= 0.6 is 0 Å². The highest BCUT2D eigenvalue weighted by atomic mass is 19.4. The van der Waals surface area contributed by atoms with E-state index in [0.29, 0.717) is 23.4 Å². The van der Waals surface area contributed by atoms with Gasteiger partial charge in [-0.15, -0.1) is 0 Å². The molecule has 2 aromatic rings. The summed E-state index contributed by atoms with van der Waals surface area (Å²) in [5, 5.41) is 8.87. The summed E-state index contributed by atoms with van der Waals surface area (Å²) in [6, 6.07) is 8.62. The summed E-state index contributed by atoms with van der Waals surface area (Å²) in [5.41, 5.74) is 7.67. The summed E-state index contributed by atoms with van der Waals surface area (Å²) >= 11 is 0. The SMILES string of the molecule is CC/C(NNC(=O)CCCO)=C1/C(=O)N(c2cc(C)cc(C)c2)c2cc(C(F)(F)F)ccc21. The summed E-state index contributed by atoms with van der Waals surface area (Å²) in [6.07, 6.45) is -3.87. The Morgan fingerprint density at radius 2 is 1.73 bits per heavy atom. The maximum Gasteiger partial charge on any atom is 0.416 e. The molecule has 3 rings (SSSR count). The van der Waals surface area contributed by atoms with Gasteiger partial charge in [-0.2, -0.15) is 13.2 Å². The molecule has 0 spiro atoms. The number of alkyl halides is 3. The molecule has 1 aliphatic rings. The third-order valence-electron chi connectivity index (χ3n) is 5.29. The van der Waals surface area contributed by atoms with Crippen molar-refractivity contribution in [3.63, 3.8) is 0 Å². The topological polar surface area (TPSA) is 81.7 Å². The van der Waals surface area contributed by atoms with Gasteiger partial charge in [0.05, 0.1) is 16.8 Å². The normalized spacial score (nSPS) is 14.9. The first-order valence-corrected chi connectivity index (χ1v) is 10.6. The number of halogens is 3. The summed E-state index contributed by atoms with van der Waals surface area (Å²) in [4.78, 5) is 26.8. The minimum Gasteiger partial charge on any atom is -0.396 e. The Bertz CT molecular complexity index is 1090. The number of rotatable bonds is 7. The first kappa shape index (κ1) is 24.3. The molecule has 9 heteroatoms. The quantitative estimate of drug-likeness (QED) is 0.419. The van der Waals surface area contributed by atoms with Gasteiger partial charge in [0.2, 0.25) is 5.91 Å². The molecule has 1 aliphatic heterocycles. The van der Waals surface area contributed by atoms with E-state index in [-0.39, 0.29) is 36.6 Å². The minimum atomic E-state index is -4.56. The third-order valence-corrected chi connectivity index (χ3v) is 5.29. The predicted octanol–water partition coefficient (Wildman–Crippen LogP) is 4.51. The average Bonchev–Trinajstić information content (AvgIpc) is 3.02. The number of nitrogens with zero attached hydrogens (tertiary/aromatic N) is 1. The van der Waals surface area contributed by atoms with Crippen LogP contribution in [0, 0.1) is 13.8 Å². The van der Waals surface area contributed by atoms with Gasteiger partial charge < -0.3 is 10.5 Å². The van der Waals surface area contributed by atoms with E-state index in [9.17, 15) is 22.8 Å². The summed E-state index contributed by atoms with van der Waals surface area (Å²) in [6.45, 7) is 5.34. The van der Waals surface area contributed by atoms with E-state index in [1.165, 1.54) is 11.0 Å². The lowest BCUT2D eigenvalue weighted by molar-refractivity contribution is -0.137. The van der Waals surface area contributed by atoms with Crippen molar-refractivity contribution in [2.75, 3.05) is 11.5 Å². The second-order valence-electron chi connectivity index (χ2n) is 7.92. The van der Waals surface area contributed by atoms with Crippen LogP contribution in [0.4, 0.5) is 24.5 Å². The Labute approximate surface area is 190 Å². The van der Waals surface area contributed by atoms with E-state index in [4.69, 9.17) is 5.11 Å². The highest BCUT2D eigenvalue weighted by Crippen LogP contribution is 2.45. The Hall–Kier alpha value is -3.33. The van der Waals surface area contributed by atoms with Gasteiger partial charge in [-0.25, -0.2) is 0 Å². The van der Waals surface area contributed by atoms with Gasteiger partial charge in [-0.05, 0) is 62.1 Å². The number of hydrogen-bond acceptors (Lipinski definition) is 4. The van der Waals surface area contributed by atoms with Crippen molar-refractivity contribution >= 4 is 28.8 Å². The molecule has 33 heavy (non-hydrogen) atoms. The van der Waals surface area contributed by atoms with Crippen LogP contribution in [0.1, 0.15) is 48.4 Å². The summed E-state index contributed by atoms with van der Waals surface area (Å²) < 4.78 is 40.4. The number of fused-ring (bicyclic) bond motifs is 1. The average molecular weight is 461 g/mol. The Balaban J connectivity index is 2.12. The monoisotopic (exact) mass is 461 g/mol. The molecule has 0 aromatic heterocycles. The molecule has 3 N–H and O–H groups in total. The number of allylic oxidation sites excluding steroid dienone is 1. The minimum absolute atomic E-state index is 0.0873. The molecular formula is C24H26F3N3O3. The van der Waals surface area contributed by atoms with Crippen molar-refractivity contribution in [1.82, 2.24) is 10.9 Å². The molecule has 0 unspecified atom stereocenters. The van der Waals surface area contributed by atoms with Gasteiger partial charge in [0, 0.05) is 30.0 Å². The molecule has 6 nitrogen and oxygen atoms in total. The maximum absolute atomic E-state index is 13.6. The molecule has 0 fully saturated rings. The Morgan fingerprint density at radius 3 is 2.30 bits per heavy atom. The highest BCUT2D eigenvalue weighted by Gasteiger charge is 2.39. The Kier molecular flexibility index (Phi) is 7.12. The van der Waals surface area contributed by atoms with E-state index < -0.39 is 17.6 Å². The van der Waals surface area contributed by atoms with Crippen LogP contribution in [0.25, 0.3) is 5.57 Å². The highest BCUT2D eigenvalue weighted by molar-refractivity contribution is 6.35. The number of carbonyl (C=O) groups excluding carboxylic acids is 2. The number of hydrogen-bond donors (Lipinski definition) is 3. The van der Waals surface area contributed by atoms with Crippen LogP contribution in [-0.4, -0.2) is 23.5 Å². The standard InChI is InChI=1S/C24H26F3N3O3/c1-4-19(28-29-21(32)6-5-9-31)22-18-8-7-16(24(25,26)27)13-20(18)30(23(22)33)17-11-14(2)10-15(3)12-17/h7-8,10-13,28,31H,4-6,9H2,1-3H3,(H,29,32)/b22-19-. The Morgan fingerprint density at radius 1 is 1.06 bits per heavy atom. The molecule has 0 saturated carbocycles. The molecule has 176 valence electrons. The fourth-order valence-electron chi connectivity index (χ4n) is 3.84. The fraction of sp³-hybridized carbons (Fsp3) is 0.333. The number of aryl methyl sites for hydroxylation is 2. The second kappa shape index (κ2) is 9.66. The van der Waals surface area contributed by atoms with Crippen molar-refractivity contribution in [3.8, 4) is 0 Å². The largest absolute Gasteiger partial charge is 0.416 e. The van der Waals surface area contributed by atoms with Crippen LogP contribution in [0.15, 0.2) is 42.1 Å². The van der Waals surface area contributed by atoms with Gasteiger partial charge in [0.15, 0.2) is 0 Å². The lowest BCUT2D eigenvalue weighted by Gasteiger charge is -2.20. The van der Waals surface area contributed by atoms with Crippen LogP contribution in [0.5, 0.6) is 0 Å². The molecule has 0 radical (unpaired) electrons. The number of hydrazine groups is 1. The first-order valence-electron chi connectivity index (χ1n) is 10.6. The molecule has 2 amide bonds. The molecule has 0 bridgehead atoms. The van der Waals surface area contributed by atoms with Crippen molar-refractivity contribution in [2.45, 2.75) is 46.2 Å². The van der Waals surface area contributed by atoms with Crippen LogP contribution < -0.4 is 15.8 Å². The predicted molar refractivity (Wildman–Crippen MR) is 119 cm³/mol. The van der Waals surface area contributed by atoms with Gasteiger partial charge in [0.1, 0.15) is 0 Å². The molecule has 2 aromatic carbocycles. The third kappa shape index (κ3) is 5.19. The second-order valence-corrected chi connectivity index (χ2v) is 7.92. The smallest absolute Gasteiger partial charge is 0.396 e. The van der Waals surface area contributed by atoms with Gasteiger partial charge >= 0.3 is 6.18 Å². The van der Waals surface area contributed by atoms with E-state index in [2.05, 4.69) is 10.9 Å². The number of anilines is 2. The van der Waals surface area contributed by atoms with Gasteiger partial charge in [0.25, 0.3) is 5.91 Å². The number of aliphatic hydroxyl groups excluding tert-OH is 1. The van der Waals surface area contributed by atoms with E-state index in [1.54, 1.807) is 19.1 Å². The van der Waals surface area contributed by atoms with Crippen molar-refractivity contribution in [1.29, 1.82) is 0 Å². The van der Waals surface area contributed by atoms with Crippen molar-refractivity contribution in [2.24, 2.45) is 0 Å². The lowest BCUT2D eigenvalue weighted by atomic mass is 10.0. The van der Waals surface area contributed by atoms with Crippen LogP contribution in [0.3, 0.4) is 0 Å². The zero-order chi connectivity index (χ0) is 24.3. The molecule has 0 aliphatic carbocycles. The summed E-state index contributed by atoms with van der Waals surface area (Å²) in [5.74, 6) is -0.858. The lowest BCUT2D eigenvalue weighted by Crippen LogP contribution is -2.37. The summed E-state index contributed by atoms with van der Waals surface area (Å²) in [7, 11) is 0. The fourth-order valence-corrected chi connectivity index (χ4v) is 3.84. The van der Waals surface area contributed by atoms with Gasteiger partial charge in [-0.1, -0.05) is 19.1 Å². The first-order chi connectivity index (χ1) is 15.6. The number of benzene rings is 2. The zero-order valence-electron chi connectivity index (χ0n) is 18.6. The molecule has 1 heterocycles.